The van der Waals surface area contributed by atoms with Crippen molar-refractivity contribution in [2.24, 2.45) is 4.99 Å². The summed E-state index contributed by atoms with van der Waals surface area (Å²) in [4.78, 5) is 6.73. The summed E-state index contributed by atoms with van der Waals surface area (Å²) in [6, 6.07) is 4.99. The lowest BCUT2D eigenvalue weighted by Crippen LogP contribution is -2.38. The first-order chi connectivity index (χ1) is 12.7. The summed E-state index contributed by atoms with van der Waals surface area (Å²) in [5.74, 6) is 1.42. The van der Waals surface area contributed by atoms with Crippen LogP contribution in [0.25, 0.3) is 0 Å². The maximum Gasteiger partial charge on any atom is 0.191 e. The molecule has 0 saturated carbocycles. The highest BCUT2D eigenvalue weighted by atomic mass is 127. The maximum atomic E-state index is 13.4. The van der Waals surface area contributed by atoms with Crippen LogP contribution in [0.3, 0.4) is 0 Å². The summed E-state index contributed by atoms with van der Waals surface area (Å²) in [5.41, 5.74) is 2.14. The molecule has 27 heavy (non-hydrogen) atoms. The van der Waals surface area contributed by atoms with E-state index in [1.165, 1.54) is 12.5 Å². The van der Waals surface area contributed by atoms with Gasteiger partial charge in [-0.2, -0.15) is 11.8 Å². The number of nitrogens with one attached hydrogen (secondary N) is 2. The first-order valence-electron chi connectivity index (χ1n) is 9.24. The van der Waals surface area contributed by atoms with Gasteiger partial charge in [-0.05, 0) is 48.9 Å². The lowest BCUT2D eigenvalue weighted by molar-refractivity contribution is 0.0372. The minimum atomic E-state index is -0.180. The average molecular weight is 510 g/mol. The average Bonchev–Trinajstić information content (AvgIpc) is 2.66. The second kappa shape index (κ2) is 14.4. The number of unbranched alkanes of at least 4 members (excludes halogenated alkanes) is 1. The van der Waals surface area contributed by atoms with Crippen molar-refractivity contribution in [2.75, 3.05) is 52.7 Å². The van der Waals surface area contributed by atoms with Gasteiger partial charge >= 0.3 is 0 Å². The molecule has 8 heteroatoms. The second-order valence-corrected chi connectivity index (χ2v) is 7.23. The van der Waals surface area contributed by atoms with Crippen molar-refractivity contribution in [1.82, 2.24) is 15.5 Å². The fourth-order valence-electron chi connectivity index (χ4n) is 2.95. The van der Waals surface area contributed by atoms with E-state index >= 15 is 0 Å². The van der Waals surface area contributed by atoms with Gasteiger partial charge in [0.05, 0.1) is 13.2 Å². The van der Waals surface area contributed by atoms with Gasteiger partial charge in [0.1, 0.15) is 5.82 Å². The number of ether oxygens (including phenoxy) is 1. The Morgan fingerprint density at radius 1 is 1.22 bits per heavy atom. The van der Waals surface area contributed by atoms with Gasteiger partial charge in [-0.3, -0.25) is 9.89 Å². The first-order valence-corrected chi connectivity index (χ1v) is 10.6. The molecule has 0 amide bonds. The first kappa shape index (κ1) is 24.5. The minimum absolute atomic E-state index is 0. The molecule has 0 radical (unpaired) electrons. The van der Waals surface area contributed by atoms with Crippen molar-refractivity contribution < 1.29 is 9.13 Å². The Bertz CT molecular complexity index is 571. The van der Waals surface area contributed by atoms with Gasteiger partial charge in [0, 0.05) is 39.0 Å². The zero-order valence-corrected chi connectivity index (χ0v) is 19.4. The van der Waals surface area contributed by atoms with Crippen molar-refractivity contribution in [3.05, 3.63) is 35.1 Å². The number of morpholine rings is 1. The number of hydrogen-bond acceptors (Lipinski definition) is 4. The SMILES string of the molecule is CN=C(NCCCCN1CCOCC1)NCc1ccc(F)cc1CSC.I. The van der Waals surface area contributed by atoms with Crippen molar-refractivity contribution in [1.29, 1.82) is 0 Å². The highest BCUT2D eigenvalue weighted by molar-refractivity contribution is 14.0. The lowest BCUT2D eigenvalue weighted by Gasteiger charge is -2.26. The van der Waals surface area contributed by atoms with Crippen LogP contribution in [0.1, 0.15) is 24.0 Å². The Hall–Kier alpha value is -0.580. The number of thioether (sulfide) groups is 1. The fraction of sp³-hybridized carbons (Fsp3) is 0.632. The van der Waals surface area contributed by atoms with Crippen LogP contribution in [0.15, 0.2) is 23.2 Å². The van der Waals surface area contributed by atoms with Crippen LogP contribution in [-0.4, -0.2) is 63.6 Å². The van der Waals surface area contributed by atoms with Gasteiger partial charge in [-0.1, -0.05) is 6.07 Å². The van der Waals surface area contributed by atoms with Crippen molar-refractivity contribution in [2.45, 2.75) is 25.1 Å². The van der Waals surface area contributed by atoms with Gasteiger partial charge in [0.2, 0.25) is 0 Å². The molecular weight excluding hydrogens is 478 g/mol. The standard InChI is InChI=1S/C19H31FN4OS.HI/c1-21-19(22-7-3-4-8-24-9-11-25-12-10-24)23-14-16-5-6-18(20)13-17(16)15-26-2;/h5-6,13H,3-4,7-12,14-15H2,1-2H3,(H2,21,22,23);1H. The third-order valence-corrected chi connectivity index (χ3v) is 5.03. The van der Waals surface area contributed by atoms with E-state index in [1.54, 1.807) is 24.9 Å². The van der Waals surface area contributed by atoms with E-state index in [9.17, 15) is 4.39 Å². The second-order valence-electron chi connectivity index (χ2n) is 6.36. The van der Waals surface area contributed by atoms with Crippen LogP contribution in [0.5, 0.6) is 0 Å². The molecule has 2 rings (SSSR count). The Balaban J connectivity index is 0.00000364. The summed E-state index contributed by atoms with van der Waals surface area (Å²) in [7, 11) is 1.77. The number of nitrogens with zero attached hydrogens (tertiary/aromatic N) is 2. The molecule has 1 aromatic carbocycles. The molecule has 0 aromatic heterocycles. The Morgan fingerprint density at radius 3 is 2.70 bits per heavy atom. The van der Waals surface area contributed by atoms with Crippen LogP contribution < -0.4 is 10.6 Å². The smallest absolute Gasteiger partial charge is 0.191 e. The van der Waals surface area contributed by atoms with Crippen LogP contribution in [0.4, 0.5) is 4.39 Å². The largest absolute Gasteiger partial charge is 0.379 e. The molecule has 0 aliphatic carbocycles. The lowest BCUT2D eigenvalue weighted by atomic mass is 10.1. The van der Waals surface area contributed by atoms with E-state index < -0.39 is 0 Å². The highest BCUT2D eigenvalue weighted by Crippen LogP contribution is 2.16. The fourth-order valence-corrected chi connectivity index (χ4v) is 3.53. The maximum absolute atomic E-state index is 13.4. The summed E-state index contributed by atoms with van der Waals surface area (Å²) in [6.07, 6.45) is 4.30. The van der Waals surface area contributed by atoms with Crippen LogP contribution in [0, 0.1) is 5.82 Å². The molecule has 1 heterocycles. The zero-order valence-electron chi connectivity index (χ0n) is 16.3. The monoisotopic (exact) mass is 510 g/mol. The highest BCUT2D eigenvalue weighted by Gasteiger charge is 2.09. The Labute approximate surface area is 183 Å². The third kappa shape index (κ3) is 9.45. The summed E-state index contributed by atoms with van der Waals surface area (Å²) in [6.45, 7) is 6.48. The molecule has 1 saturated heterocycles. The number of halogens is 2. The van der Waals surface area contributed by atoms with E-state index in [0.717, 1.165) is 68.7 Å². The van der Waals surface area contributed by atoms with Crippen molar-refractivity contribution in [3.63, 3.8) is 0 Å². The molecular formula is C19H32FIN4OS. The predicted octanol–water partition coefficient (Wildman–Crippen LogP) is 3.08. The summed E-state index contributed by atoms with van der Waals surface area (Å²) >= 11 is 1.70. The summed E-state index contributed by atoms with van der Waals surface area (Å²) < 4.78 is 18.8. The van der Waals surface area contributed by atoms with E-state index in [4.69, 9.17) is 4.74 Å². The Morgan fingerprint density at radius 2 is 2.00 bits per heavy atom. The van der Waals surface area contributed by atoms with Crippen LogP contribution in [0.2, 0.25) is 0 Å². The molecule has 1 aliphatic heterocycles. The number of rotatable bonds is 9. The quantitative estimate of drug-likeness (QED) is 0.232. The van der Waals surface area contributed by atoms with E-state index in [0.29, 0.717) is 6.54 Å². The molecule has 5 nitrogen and oxygen atoms in total. The van der Waals surface area contributed by atoms with Gasteiger partial charge in [0.15, 0.2) is 5.96 Å². The molecule has 1 aliphatic rings. The van der Waals surface area contributed by atoms with Gasteiger partial charge in [0.25, 0.3) is 0 Å². The molecule has 1 fully saturated rings. The van der Waals surface area contributed by atoms with Gasteiger partial charge < -0.3 is 15.4 Å². The van der Waals surface area contributed by atoms with Crippen LogP contribution in [-0.2, 0) is 17.0 Å². The van der Waals surface area contributed by atoms with E-state index in [-0.39, 0.29) is 29.8 Å². The topological polar surface area (TPSA) is 48.9 Å². The molecule has 0 atom stereocenters. The normalized spacial score (nSPS) is 15.3. The number of hydrogen-bond donors (Lipinski definition) is 2. The molecule has 0 bridgehead atoms. The summed E-state index contributed by atoms with van der Waals surface area (Å²) in [5, 5.41) is 6.68. The number of guanidine groups is 1. The van der Waals surface area contributed by atoms with Crippen molar-refractivity contribution >= 4 is 41.7 Å². The van der Waals surface area contributed by atoms with Crippen molar-refractivity contribution in [3.8, 4) is 0 Å². The predicted molar refractivity (Wildman–Crippen MR) is 124 cm³/mol. The Kier molecular flexibility index (Phi) is 13.1. The number of benzene rings is 1. The van der Waals surface area contributed by atoms with E-state index in [2.05, 4.69) is 20.5 Å². The van der Waals surface area contributed by atoms with E-state index in [1.807, 2.05) is 12.3 Å². The zero-order chi connectivity index (χ0) is 18.6. The third-order valence-electron chi connectivity index (χ3n) is 4.44. The van der Waals surface area contributed by atoms with Crippen LogP contribution >= 0.6 is 35.7 Å². The molecule has 0 spiro atoms. The molecule has 2 N–H and O–H groups in total. The van der Waals surface area contributed by atoms with Gasteiger partial charge in [-0.15, -0.1) is 24.0 Å². The molecule has 1 aromatic rings. The number of aliphatic imine (C=N–C) groups is 1. The minimum Gasteiger partial charge on any atom is -0.379 e. The molecule has 154 valence electrons. The van der Waals surface area contributed by atoms with Gasteiger partial charge in [-0.25, -0.2) is 4.39 Å². The molecule has 0 unspecified atom stereocenters.